The molecule has 1 aromatic heterocycles. The Bertz CT molecular complexity index is 782. The number of rotatable bonds is 6. The highest BCUT2D eigenvalue weighted by Crippen LogP contribution is 2.27. The molecule has 1 amide bonds. The van der Waals surface area contributed by atoms with Crippen LogP contribution >= 0.6 is 0 Å². The summed E-state index contributed by atoms with van der Waals surface area (Å²) < 4.78 is 16.0. The Kier molecular flexibility index (Phi) is 5.93. The lowest BCUT2D eigenvalue weighted by molar-refractivity contribution is -0.125. The number of methoxy groups -OCH3 is 1. The molecule has 6 nitrogen and oxygen atoms in total. The molecule has 1 aromatic carbocycles. The quantitative estimate of drug-likeness (QED) is 0.800. The summed E-state index contributed by atoms with van der Waals surface area (Å²) in [5.74, 6) is -0.388. The second kappa shape index (κ2) is 8.36. The molecule has 0 radical (unpaired) electrons. The van der Waals surface area contributed by atoms with Crippen LogP contribution in [0.1, 0.15) is 48.7 Å². The third-order valence-corrected chi connectivity index (χ3v) is 4.96. The number of furan rings is 1. The van der Waals surface area contributed by atoms with Crippen molar-refractivity contribution >= 4 is 22.8 Å². The van der Waals surface area contributed by atoms with Crippen LogP contribution in [0.4, 0.5) is 0 Å². The summed E-state index contributed by atoms with van der Waals surface area (Å²) in [5.41, 5.74) is 1.22. The molecule has 0 bridgehead atoms. The third kappa shape index (κ3) is 4.07. The zero-order valence-electron chi connectivity index (χ0n) is 15.2. The van der Waals surface area contributed by atoms with Crippen molar-refractivity contribution in [2.75, 3.05) is 13.7 Å². The molecule has 1 fully saturated rings. The van der Waals surface area contributed by atoms with Crippen LogP contribution in [0.5, 0.6) is 0 Å². The fourth-order valence-electron chi connectivity index (χ4n) is 3.53. The molecule has 0 saturated heterocycles. The number of para-hydroxylation sites is 1. The average Bonchev–Trinajstić information content (AvgIpc) is 3.01. The first kappa shape index (κ1) is 18.5. The van der Waals surface area contributed by atoms with Gasteiger partial charge in [0.2, 0.25) is 5.76 Å². The topological polar surface area (TPSA) is 77.8 Å². The molecule has 2 aromatic rings. The summed E-state index contributed by atoms with van der Waals surface area (Å²) in [5, 5.41) is 3.78. The van der Waals surface area contributed by atoms with Gasteiger partial charge >= 0.3 is 5.97 Å². The van der Waals surface area contributed by atoms with E-state index in [2.05, 4.69) is 12.2 Å². The number of ether oxygens (including phenoxy) is 2. The summed E-state index contributed by atoms with van der Waals surface area (Å²) >= 11 is 0. The van der Waals surface area contributed by atoms with Crippen molar-refractivity contribution in [2.45, 2.75) is 45.3 Å². The highest BCUT2D eigenvalue weighted by atomic mass is 16.5. The van der Waals surface area contributed by atoms with Gasteiger partial charge in [-0.1, -0.05) is 38.0 Å². The number of carbonyl (C=O) groups is 2. The average molecular weight is 359 g/mol. The Morgan fingerprint density at radius 2 is 2.00 bits per heavy atom. The van der Waals surface area contributed by atoms with Gasteiger partial charge in [0.05, 0.1) is 6.61 Å². The van der Waals surface area contributed by atoms with Gasteiger partial charge in [-0.25, -0.2) is 4.79 Å². The highest BCUT2D eigenvalue weighted by Gasteiger charge is 2.25. The number of fused-ring (bicyclic) bond motifs is 1. The van der Waals surface area contributed by atoms with Crippen LogP contribution in [0, 0.1) is 5.92 Å². The largest absolute Gasteiger partial charge is 0.450 e. The lowest BCUT2D eigenvalue weighted by Gasteiger charge is -2.29. The fraction of sp³-hybridized carbons (Fsp3) is 0.500. The molecular weight excluding hydrogens is 334 g/mol. The first-order valence-corrected chi connectivity index (χ1v) is 9.06. The Morgan fingerprint density at radius 3 is 2.77 bits per heavy atom. The normalized spacial score (nSPS) is 20.1. The Hall–Kier alpha value is -2.34. The lowest BCUT2D eigenvalue weighted by atomic mass is 9.86. The Morgan fingerprint density at radius 1 is 1.23 bits per heavy atom. The van der Waals surface area contributed by atoms with E-state index in [1.165, 1.54) is 6.42 Å². The van der Waals surface area contributed by atoms with Gasteiger partial charge in [-0.3, -0.25) is 4.79 Å². The first-order chi connectivity index (χ1) is 12.6. The van der Waals surface area contributed by atoms with E-state index in [-0.39, 0.29) is 30.9 Å². The molecule has 0 spiro atoms. The summed E-state index contributed by atoms with van der Waals surface area (Å²) in [6.07, 6.45) is 4.41. The minimum absolute atomic E-state index is 0.0897. The maximum atomic E-state index is 12.4. The predicted molar refractivity (Wildman–Crippen MR) is 96.8 cm³/mol. The highest BCUT2D eigenvalue weighted by molar-refractivity contribution is 5.96. The SMILES string of the molecule is COCc1c(C(=O)OCC(=O)N[C@@H]2CCCC[C@H]2C)oc2ccccc12. The molecule has 6 heteroatoms. The van der Waals surface area contributed by atoms with Crippen molar-refractivity contribution in [1.82, 2.24) is 5.32 Å². The molecule has 3 rings (SSSR count). The molecule has 2 atom stereocenters. The maximum absolute atomic E-state index is 12.4. The summed E-state index contributed by atoms with van der Waals surface area (Å²) in [6.45, 7) is 2.06. The molecule has 1 aliphatic carbocycles. The Labute approximate surface area is 152 Å². The number of hydrogen-bond donors (Lipinski definition) is 1. The number of amides is 1. The van der Waals surface area contributed by atoms with Gasteiger partial charge in [0.15, 0.2) is 6.61 Å². The summed E-state index contributed by atoms with van der Waals surface area (Å²) in [4.78, 5) is 24.6. The molecular formula is C20H25NO5. The number of esters is 1. The van der Waals surface area contributed by atoms with Crippen LogP contribution in [0.15, 0.2) is 28.7 Å². The second-order valence-corrected chi connectivity index (χ2v) is 6.85. The van der Waals surface area contributed by atoms with Crippen LogP contribution < -0.4 is 5.32 Å². The van der Waals surface area contributed by atoms with Crippen LogP contribution in [0.3, 0.4) is 0 Å². The molecule has 1 N–H and O–H groups in total. The number of benzene rings is 1. The maximum Gasteiger partial charge on any atom is 0.375 e. The van der Waals surface area contributed by atoms with Gasteiger partial charge in [-0.15, -0.1) is 0 Å². The van der Waals surface area contributed by atoms with Gasteiger partial charge in [0, 0.05) is 24.1 Å². The van der Waals surface area contributed by atoms with Gasteiger partial charge in [-0.2, -0.15) is 0 Å². The van der Waals surface area contributed by atoms with E-state index in [1.807, 2.05) is 18.2 Å². The molecule has 26 heavy (non-hydrogen) atoms. The third-order valence-electron chi connectivity index (χ3n) is 4.96. The van der Waals surface area contributed by atoms with Crippen LogP contribution in [0.25, 0.3) is 11.0 Å². The van der Waals surface area contributed by atoms with Gasteiger partial charge < -0.3 is 19.2 Å². The minimum Gasteiger partial charge on any atom is -0.450 e. The van der Waals surface area contributed by atoms with E-state index in [4.69, 9.17) is 13.9 Å². The zero-order valence-corrected chi connectivity index (χ0v) is 15.2. The molecule has 1 heterocycles. The molecule has 140 valence electrons. The van der Waals surface area contributed by atoms with Crippen molar-refractivity contribution in [3.63, 3.8) is 0 Å². The van der Waals surface area contributed by atoms with E-state index in [1.54, 1.807) is 13.2 Å². The fourth-order valence-corrected chi connectivity index (χ4v) is 3.53. The monoisotopic (exact) mass is 359 g/mol. The summed E-state index contributed by atoms with van der Waals surface area (Å²) in [7, 11) is 1.55. The molecule has 1 saturated carbocycles. The summed E-state index contributed by atoms with van der Waals surface area (Å²) in [6, 6.07) is 7.50. The smallest absolute Gasteiger partial charge is 0.375 e. The van der Waals surface area contributed by atoms with E-state index in [9.17, 15) is 9.59 Å². The molecule has 0 unspecified atom stereocenters. The first-order valence-electron chi connectivity index (χ1n) is 9.06. The standard InChI is InChI=1S/C20H25NO5/c1-13-7-3-5-9-16(13)21-18(22)12-25-20(23)19-15(11-24-2)14-8-4-6-10-17(14)26-19/h4,6,8,10,13,16H,3,5,7,9,11-12H2,1-2H3,(H,21,22)/t13-,16-/m1/s1. The molecule has 0 aliphatic heterocycles. The van der Waals surface area contributed by atoms with Gasteiger partial charge in [-0.05, 0) is 24.8 Å². The van der Waals surface area contributed by atoms with Crippen LogP contribution in [-0.4, -0.2) is 31.6 Å². The van der Waals surface area contributed by atoms with Gasteiger partial charge in [0.1, 0.15) is 5.58 Å². The van der Waals surface area contributed by atoms with Crippen molar-refractivity contribution in [2.24, 2.45) is 5.92 Å². The molecule has 1 aliphatic rings. The van der Waals surface area contributed by atoms with E-state index < -0.39 is 5.97 Å². The van der Waals surface area contributed by atoms with E-state index in [0.29, 0.717) is 17.1 Å². The lowest BCUT2D eigenvalue weighted by Crippen LogP contribution is -2.42. The van der Waals surface area contributed by atoms with E-state index in [0.717, 1.165) is 24.6 Å². The Balaban J connectivity index is 1.63. The minimum atomic E-state index is -0.653. The number of carbonyl (C=O) groups excluding carboxylic acids is 2. The number of hydrogen-bond acceptors (Lipinski definition) is 5. The second-order valence-electron chi connectivity index (χ2n) is 6.85. The van der Waals surface area contributed by atoms with Crippen molar-refractivity contribution < 1.29 is 23.5 Å². The van der Waals surface area contributed by atoms with E-state index >= 15 is 0 Å². The predicted octanol–water partition coefficient (Wildman–Crippen LogP) is 3.43. The van der Waals surface area contributed by atoms with Crippen molar-refractivity contribution in [3.05, 3.63) is 35.6 Å². The van der Waals surface area contributed by atoms with Crippen molar-refractivity contribution in [1.29, 1.82) is 0 Å². The van der Waals surface area contributed by atoms with Crippen molar-refractivity contribution in [3.8, 4) is 0 Å². The van der Waals surface area contributed by atoms with Crippen LogP contribution in [-0.2, 0) is 20.9 Å². The van der Waals surface area contributed by atoms with Gasteiger partial charge in [0.25, 0.3) is 5.91 Å². The van der Waals surface area contributed by atoms with Crippen LogP contribution in [0.2, 0.25) is 0 Å². The zero-order chi connectivity index (χ0) is 18.5. The number of nitrogens with one attached hydrogen (secondary N) is 1.